The van der Waals surface area contributed by atoms with Gasteiger partial charge in [0.25, 0.3) is 0 Å². The number of thiophene rings is 1. The van der Waals surface area contributed by atoms with Gasteiger partial charge in [0.05, 0.1) is 27.1 Å². The lowest BCUT2D eigenvalue weighted by molar-refractivity contribution is -0.113. The zero-order valence-electron chi connectivity index (χ0n) is 20.8. The largest absolute Gasteiger partial charge is 0.497 e. The molecule has 4 aromatic rings. The maximum Gasteiger partial charge on any atom is 0.341 e. The summed E-state index contributed by atoms with van der Waals surface area (Å²) in [6.07, 6.45) is 0. The van der Waals surface area contributed by atoms with Crippen LogP contribution < -0.4 is 14.8 Å². The highest BCUT2D eigenvalue weighted by atomic mass is 32.2. The number of anilines is 1. The molecule has 0 radical (unpaired) electrons. The summed E-state index contributed by atoms with van der Waals surface area (Å²) in [4.78, 5) is 25.5. The van der Waals surface area contributed by atoms with Crippen LogP contribution in [0.1, 0.15) is 17.3 Å². The number of rotatable bonds is 10. The molecule has 0 aliphatic carbocycles. The van der Waals surface area contributed by atoms with Crippen molar-refractivity contribution in [2.75, 3.05) is 32.4 Å². The normalized spacial score (nSPS) is 10.7. The lowest BCUT2D eigenvalue weighted by Gasteiger charge is -2.09. The van der Waals surface area contributed by atoms with Gasteiger partial charge in [-0.15, -0.1) is 21.5 Å². The van der Waals surface area contributed by atoms with Crippen molar-refractivity contribution >= 4 is 40.0 Å². The minimum atomic E-state index is -0.524. The highest BCUT2D eigenvalue weighted by Gasteiger charge is 2.23. The second kappa shape index (κ2) is 11.9. The Hall–Kier alpha value is -3.83. The Bertz CT molecular complexity index is 1400. The number of hydrogen-bond donors (Lipinski definition) is 1. The van der Waals surface area contributed by atoms with E-state index >= 15 is 0 Å². The summed E-state index contributed by atoms with van der Waals surface area (Å²) in [6.45, 7) is 2.62. The molecule has 0 spiro atoms. The highest BCUT2D eigenvalue weighted by molar-refractivity contribution is 7.99. The Morgan fingerprint density at radius 3 is 2.43 bits per heavy atom. The molecule has 0 saturated carbocycles. The van der Waals surface area contributed by atoms with Crippen molar-refractivity contribution in [1.82, 2.24) is 14.8 Å². The second-order valence-corrected chi connectivity index (χ2v) is 9.51. The van der Waals surface area contributed by atoms with E-state index in [0.717, 1.165) is 16.9 Å². The van der Waals surface area contributed by atoms with Crippen molar-refractivity contribution in [2.45, 2.75) is 18.6 Å². The van der Waals surface area contributed by atoms with Crippen LogP contribution in [0.4, 0.5) is 5.00 Å². The van der Waals surface area contributed by atoms with Crippen LogP contribution in [0.5, 0.6) is 11.5 Å². The molecular weight excluding hydrogens is 512 g/mol. The minimum Gasteiger partial charge on any atom is -0.497 e. The minimum absolute atomic E-state index is 0.0899. The van der Waals surface area contributed by atoms with Gasteiger partial charge >= 0.3 is 5.97 Å². The smallest absolute Gasteiger partial charge is 0.341 e. The number of aromatic nitrogens is 3. The van der Waals surface area contributed by atoms with Crippen molar-refractivity contribution in [3.05, 3.63) is 59.5 Å². The lowest BCUT2D eigenvalue weighted by Crippen LogP contribution is -2.16. The van der Waals surface area contributed by atoms with Gasteiger partial charge in [-0.05, 0) is 36.8 Å². The Morgan fingerprint density at radius 2 is 1.76 bits per heavy atom. The third-order valence-corrected chi connectivity index (χ3v) is 7.39. The van der Waals surface area contributed by atoms with Gasteiger partial charge in [0.15, 0.2) is 11.0 Å². The molecular formula is C26H26N4O5S2. The number of thioether (sulfide) groups is 1. The van der Waals surface area contributed by atoms with Gasteiger partial charge < -0.3 is 24.1 Å². The number of benzene rings is 2. The molecule has 0 unspecified atom stereocenters. The van der Waals surface area contributed by atoms with Crippen LogP contribution in [-0.2, 0) is 16.1 Å². The van der Waals surface area contributed by atoms with Crippen LogP contribution in [0, 0.1) is 0 Å². The van der Waals surface area contributed by atoms with Crippen LogP contribution >= 0.6 is 23.1 Å². The summed E-state index contributed by atoms with van der Waals surface area (Å²) >= 11 is 2.54. The first-order valence-electron chi connectivity index (χ1n) is 11.3. The molecule has 1 N–H and O–H groups in total. The van der Waals surface area contributed by atoms with E-state index < -0.39 is 5.97 Å². The number of nitrogens with one attached hydrogen (secondary N) is 1. The molecule has 0 saturated heterocycles. The Morgan fingerprint density at radius 1 is 1.00 bits per heavy atom. The molecule has 0 aliphatic rings. The number of ether oxygens (including phenoxy) is 3. The topological polar surface area (TPSA) is 105 Å². The molecule has 11 heteroatoms. The Balaban J connectivity index is 1.50. The van der Waals surface area contributed by atoms with Crippen molar-refractivity contribution in [2.24, 2.45) is 0 Å². The van der Waals surface area contributed by atoms with Crippen LogP contribution in [0.25, 0.3) is 22.5 Å². The highest BCUT2D eigenvalue weighted by Crippen LogP contribution is 2.37. The first kappa shape index (κ1) is 26.2. The third kappa shape index (κ3) is 5.78. The predicted octanol–water partition coefficient (Wildman–Crippen LogP) is 5.23. The second-order valence-electron chi connectivity index (χ2n) is 7.69. The average Bonchev–Trinajstić information content (AvgIpc) is 3.55. The molecule has 1 amide bonds. The van der Waals surface area contributed by atoms with Crippen molar-refractivity contribution < 1.29 is 23.8 Å². The summed E-state index contributed by atoms with van der Waals surface area (Å²) in [7, 11) is 4.52. The quantitative estimate of drug-likeness (QED) is 0.216. The van der Waals surface area contributed by atoms with E-state index in [-0.39, 0.29) is 11.7 Å². The van der Waals surface area contributed by atoms with Gasteiger partial charge in [-0.1, -0.05) is 36.0 Å². The summed E-state index contributed by atoms with van der Waals surface area (Å²) in [5, 5.41) is 14.3. The first-order chi connectivity index (χ1) is 18.0. The molecule has 4 rings (SSSR count). The third-order valence-electron chi connectivity index (χ3n) is 5.53. The molecule has 192 valence electrons. The maximum absolute atomic E-state index is 12.9. The van der Waals surface area contributed by atoms with E-state index in [1.165, 1.54) is 30.2 Å². The summed E-state index contributed by atoms with van der Waals surface area (Å²) < 4.78 is 17.5. The lowest BCUT2D eigenvalue weighted by atomic mass is 10.0. The fourth-order valence-corrected chi connectivity index (χ4v) is 5.46. The number of methoxy groups -OCH3 is 3. The summed E-state index contributed by atoms with van der Waals surface area (Å²) in [6, 6.07) is 14.9. The molecule has 2 aromatic carbocycles. The van der Waals surface area contributed by atoms with Gasteiger partial charge in [-0.2, -0.15) is 0 Å². The van der Waals surface area contributed by atoms with Gasteiger partial charge in [0.2, 0.25) is 5.91 Å². The Labute approximate surface area is 222 Å². The molecule has 0 aliphatic heterocycles. The number of esters is 1. The van der Waals surface area contributed by atoms with Gasteiger partial charge in [0.1, 0.15) is 22.1 Å². The van der Waals surface area contributed by atoms with Crippen molar-refractivity contribution in [3.63, 3.8) is 0 Å². The number of amides is 1. The van der Waals surface area contributed by atoms with Crippen LogP contribution in [0.2, 0.25) is 0 Å². The summed E-state index contributed by atoms with van der Waals surface area (Å²) in [5.74, 6) is 1.42. The van der Waals surface area contributed by atoms with Crippen molar-refractivity contribution in [3.8, 4) is 34.0 Å². The monoisotopic (exact) mass is 538 g/mol. The van der Waals surface area contributed by atoms with E-state index in [0.29, 0.717) is 39.4 Å². The molecule has 37 heavy (non-hydrogen) atoms. The number of nitrogens with zero attached hydrogens (tertiary/aromatic N) is 3. The van der Waals surface area contributed by atoms with E-state index in [2.05, 4.69) is 15.5 Å². The van der Waals surface area contributed by atoms with E-state index in [9.17, 15) is 9.59 Å². The summed E-state index contributed by atoms with van der Waals surface area (Å²) in [5.41, 5.74) is 2.68. The molecule has 2 aromatic heterocycles. The molecule has 0 atom stereocenters. The molecule has 0 fully saturated rings. The SMILES string of the molecule is CCn1c(SCC(=O)Nc2scc(-c3ccc(OC)cc3)c2C(=O)OC)nnc1-c1cccc(OC)c1. The van der Waals surface area contributed by atoms with Gasteiger partial charge in [-0.3, -0.25) is 4.79 Å². The Kier molecular flexibility index (Phi) is 8.47. The van der Waals surface area contributed by atoms with E-state index in [4.69, 9.17) is 14.2 Å². The van der Waals surface area contributed by atoms with Crippen molar-refractivity contribution in [1.29, 1.82) is 0 Å². The fourth-order valence-electron chi connectivity index (χ4n) is 3.69. The predicted molar refractivity (Wildman–Crippen MR) is 145 cm³/mol. The van der Waals surface area contributed by atoms with E-state index in [1.54, 1.807) is 14.2 Å². The van der Waals surface area contributed by atoms with Gasteiger partial charge in [0, 0.05) is 23.1 Å². The number of hydrogen-bond acceptors (Lipinski definition) is 9. The zero-order valence-corrected chi connectivity index (χ0v) is 22.4. The zero-order chi connectivity index (χ0) is 26.4. The number of carbonyl (C=O) groups excluding carboxylic acids is 2. The molecule has 0 bridgehead atoms. The van der Waals surface area contributed by atoms with Crippen LogP contribution in [-0.4, -0.2) is 53.7 Å². The number of carbonyl (C=O) groups is 2. The standard InChI is InChI=1S/C26H26N4O5S2/c1-5-30-23(17-7-6-8-19(13-17)34-3)28-29-26(30)37-15-21(31)27-24-22(25(32)35-4)20(14-36-24)16-9-11-18(33-2)12-10-16/h6-14H,5,15H2,1-4H3,(H,27,31). The first-order valence-corrected chi connectivity index (χ1v) is 13.2. The molecule has 9 nitrogen and oxygen atoms in total. The van der Waals surface area contributed by atoms with Gasteiger partial charge in [-0.25, -0.2) is 4.79 Å². The average molecular weight is 539 g/mol. The van der Waals surface area contributed by atoms with Crippen LogP contribution in [0.3, 0.4) is 0 Å². The fraction of sp³-hybridized carbons (Fsp3) is 0.231. The van der Waals surface area contributed by atoms with E-state index in [1.807, 2.05) is 65.4 Å². The maximum atomic E-state index is 12.9. The molecule has 2 heterocycles. The van der Waals surface area contributed by atoms with Crippen LogP contribution in [0.15, 0.2) is 59.1 Å².